The Morgan fingerprint density at radius 2 is 2.06 bits per heavy atom. The summed E-state index contributed by atoms with van der Waals surface area (Å²) in [4.78, 5) is 1.63. The van der Waals surface area contributed by atoms with Gasteiger partial charge in [-0.05, 0) is 18.1 Å². The molecular weight excluding hydrogens is 200 g/mol. The first-order valence-corrected chi connectivity index (χ1v) is 5.34. The number of allylic oxidation sites excluding steroid dienone is 1. The van der Waals surface area contributed by atoms with Gasteiger partial charge >= 0.3 is 0 Å². The molecule has 0 saturated heterocycles. The summed E-state index contributed by atoms with van der Waals surface area (Å²) in [7, 11) is 0. The SMILES string of the molecule is C=CCCCn1nnc(-c2ccccc2)n1. The molecule has 0 bridgehead atoms. The first-order valence-electron chi connectivity index (χ1n) is 5.34. The van der Waals surface area contributed by atoms with E-state index in [1.807, 2.05) is 36.4 Å². The van der Waals surface area contributed by atoms with Gasteiger partial charge in [0.2, 0.25) is 5.82 Å². The number of unbranched alkanes of at least 4 members (excludes halogenated alkanes) is 1. The van der Waals surface area contributed by atoms with Crippen molar-refractivity contribution in [2.24, 2.45) is 0 Å². The van der Waals surface area contributed by atoms with E-state index in [0.29, 0.717) is 5.82 Å². The summed E-state index contributed by atoms with van der Waals surface area (Å²) >= 11 is 0. The molecule has 16 heavy (non-hydrogen) atoms. The van der Waals surface area contributed by atoms with Crippen LogP contribution in [0.4, 0.5) is 0 Å². The third kappa shape index (κ3) is 2.53. The lowest BCUT2D eigenvalue weighted by Gasteiger charge is -1.95. The van der Waals surface area contributed by atoms with E-state index in [0.717, 1.165) is 24.9 Å². The Morgan fingerprint density at radius 3 is 2.81 bits per heavy atom. The number of benzene rings is 1. The maximum atomic E-state index is 4.31. The molecule has 0 fully saturated rings. The highest BCUT2D eigenvalue weighted by Crippen LogP contribution is 2.11. The summed E-state index contributed by atoms with van der Waals surface area (Å²) in [5, 5.41) is 12.3. The van der Waals surface area contributed by atoms with Crippen LogP contribution in [-0.2, 0) is 6.54 Å². The standard InChI is InChI=1S/C12H14N4/c1-2-3-7-10-16-14-12(13-15-16)11-8-5-4-6-9-11/h2,4-6,8-9H,1,3,7,10H2. The van der Waals surface area contributed by atoms with Crippen molar-refractivity contribution in [1.29, 1.82) is 0 Å². The number of aromatic nitrogens is 4. The highest BCUT2D eigenvalue weighted by molar-refractivity contribution is 5.52. The maximum Gasteiger partial charge on any atom is 0.204 e. The monoisotopic (exact) mass is 214 g/mol. The van der Waals surface area contributed by atoms with Crippen LogP contribution in [0, 0.1) is 0 Å². The molecule has 0 atom stereocenters. The lowest BCUT2D eigenvalue weighted by Crippen LogP contribution is -2.02. The van der Waals surface area contributed by atoms with Crippen molar-refractivity contribution in [3.8, 4) is 11.4 Å². The van der Waals surface area contributed by atoms with Crippen LogP contribution in [0.3, 0.4) is 0 Å². The summed E-state index contributed by atoms with van der Waals surface area (Å²) in [5.41, 5.74) is 0.998. The summed E-state index contributed by atoms with van der Waals surface area (Å²) in [6.45, 7) is 4.46. The van der Waals surface area contributed by atoms with E-state index in [1.54, 1.807) is 4.80 Å². The van der Waals surface area contributed by atoms with E-state index in [2.05, 4.69) is 22.0 Å². The molecule has 0 aliphatic carbocycles. The molecule has 1 heterocycles. The minimum atomic E-state index is 0.680. The van der Waals surface area contributed by atoms with Crippen molar-refractivity contribution in [3.05, 3.63) is 43.0 Å². The maximum absolute atomic E-state index is 4.31. The number of tetrazole rings is 1. The Hall–Kier alpha value is -1.97. The second-order valence-corrected chi connectivity index (χ2v) is 3.51. The quantitative estimate of drug-likeness (QED) is 0.566. The zero-order valence-corrected chi connectivity index (χ0v) is 9.08. The fourth-order valence-electron chi connectivity index (χ4n) is 1.42. The van der Waals surface area contributed by atoms with Crippen molar-refractivity contribution >= 4 is 0 Å². The van der Waals surface area contributed by atoms with Gasteiger partial charge in [-0.15, -0.1) is 16.8 Å². The first-order chi connectivity index (χ1) is 7.90. The van der Waals surface area contributed by atoms with Crippen molar-refractivity contribution in [3.63, 3.8) is 0 Å². The Morgan fingerprint density at radius 1 is 1.25 bits per heavy atom. The van der Waals surface area contributed by atoms with E-state index >= 15 is 0 Å². The van der Waals surface area contributed by atoms with Gasteiger partial charge in [-0.25, -0.2) is 0 Å². The van der Waals surface area contributed by atoms with Gasteiger partial charge in [0, 0.05) is 5.56 Å². The fraction of sp³-hybridized carbons (Fsp3) is 0.250. The van der Waals surface area contributed by atoms with Crippen LogP contribution in [0.25, 0.3) is 11.4 Å². The number of hydrogen-bond acceptors (Lipinski definition) is 3. The molecule has 0 aliphatic heterocycles. The zero-order valence-electron chi connectivity index (χ0n) is 9.08. The van der Waals surface area contributed by atoms with Gasteiger partial charge in [0.25, 0.3) is 0 Å². The molecule has 0 saturated carbocycles. The molecule has 82 valence electrons. The van der Waals surface area contributed by atoms with E-state index < -0.39 is 0 Å². The first kappa shape index (κ1) is 10.5. The highest BCUT2D eigenvalue weighted by Gasteiger charge is 2.03. The Balaban J connectivity index is 2.05. The molecule has 0 radical (unpaired) electrons. The lowest BCUT2D eigenvalue weighted by molar-refractivity contribution is 0.503. The molecule has 0 unspecified atom stereocenters. The van der Waals surface area contributed by atoms with E-state index in [1.165, 1.54) is 0 Å². The second-order valence-electron chi connectivity index (χ2n) is 3.51. The van der Waals surface area contributed by atoms with Crippen molar-refractivity contribution in [1.82, 2.24) is 20.2 Å². The predicted octanol–water partition coefficient (Wildman–Crippen LogP) is 2.31. The van der Waals surface area contributed by atoms with Gasteiger partial charge in [0.1, 0.15) is 0 Å². The number of aryl methyl sites for hydroxylation is 1. The third-order valence-corrected chi connectivity index (χ3v) is 2.25. The van der Waals surface area contributed by atoms with Gasteiger partial charge in [-0.2, -0.15) is 4.80 Å². The van der Waals surface area contributed by atoms with Crippen LogP contribution in [-0.4, -0.2) is 20.2 Å². The van der Waals surface area contributed by atoms with Gasteiger partial charge in [-0.3, -0.25) is 0 Å². The third-order valence-electron chi connectivity index (χ3n) is 2.25. The topological polar surface area (TPSA) is 43.6 Å². The minimum absolute atomic E-state index is 0.680. The lowest BCUT2D eigenvalue weighted by atomic mass is 10.2. The van der Waals surface area contributed by atoms with E-state index in [4.69, 9.17) is 0 Å². The summed E-state index contributed by atoms with van der Waals surface area (Å²) in [6.07, 6.45) is 3.87. The molecule has 2 aromatic rings. The second kappa shape index (κ2) is 5.21. The van der Waals surface area contributed by atoms with E-state index in [9.17, 15) is 0 Å². The van der Waals surface area contributed by atoms with Crippen LogP contribution < -0.4 is 0 Å². The number of rotatable bonds is 5. The average Bonchev–Trinajstić information content (AvgIpc) is 2.79. The van der Waals surface area contributed by atoms with Crippen LogP contribution in [0.5, 0.6) is 0 Å². The normalized spacial score (nSPS) is 10.2. The van der Waals surface area contributed by atoms with Gasteiger partial charge in [0.15, 0.2) is 0 Å². The fourth-order valence-corrected chi connectivity index (χ4v) is 1.42. The van der Waals surface area contributed by atoms with Gasteiger partial charge in [-0.1, -0.05) is 36.4 Å². The zero-order chi connectivity index (χ0) is 11.2. The average molecular weight is 214 g/mol. The number of hydrogen-bond donors (Lipinski definition) is 0. The summed E-state index contributed by atoms with van der Waals surface area (Å²) in [5.74, 6) is 0.680. The Bertz CT molecular complexity index is 447. The molecule has 1 aromatic carbocycles. The summed E-state index contributed by atoms with van der Waals surface area (Å²) in [6, 6.07) is 9.86. The van der Waals surface area contributed by atoms with Crippen LogP contribution >= 0.6 is 0 Å². The Kier molecular flexibility index (Phi) is 3.43. The molecule has 0 spiro atoms. The van der Waals surface area contributed by atoms with Crippen molar-refractivity contribution in [2.75, 3.05) is 0 Å². The molecule has 0 aliphatic rings. The molecule has 0 amide bonds. The highest BCUT2D eigenvalue weighted by atomic mass is 15.6. The van der Waals surface area contributed by atoms with Crippen molar-refractivity contribution in [2.45, 2.75) is 19.4 Å². The minimum Gasteiger partial charge on any atom is -0.164 e. The van der Waals surface area contributed by atoms with E-state index in [-0.39, 0.29) is 0 Å². The molecular formula is C12H14N4. The van der Waals surface area contributed by atoms with Crippen LogP contribution in [0.15, 0.2) is 43.0 Å². The van der Waals surface area contributed by atoms with Crippen LogP contribution in [0.1, 0.15) is 12.8 Å². The molecule has 1 aromatic heterocycles. The smallest absolute Gasteiger partial charge is 0.164 e. The molecule has 2 rings (SSSR count). The molecule has 4 nitrogen and oxygen atoms in total. The largest absolute Gasteiger partial charge is 0.204 e. The van der Waals surface area contributed by atoms with Crippen LogP contribution in [0.2, 0.25) is 0 Å². The Labute approximate surface area is 94.6 Å². The van der Waals surface area contributed by atoms with Gasteiger partial charge < -0.3 is 0 Å². The van der Waals surface area contributed by atoms with Gasteiger partial charge in [0.05, 0.1) is 6.54 Å². The molecule has 0 N–H and O–H groups in total. The molecule has 4 heteroatoms. The number of nitrogens with zero attached hydrogens (tertiary/aromatic N) is 4. The predicted molar refractivity (Wildman–Crippen MR) is 62.7 cm³/mol. The summed E-state index contributed by atoms with van der Waals surface area (Å²) < 4.78 is 0. The van der Waals surface area contributed by atoms with Crippen molar-refractivity contribution < 1.29 is 0 Å².